The van der Waals surface area contributed by atoms with Crippen molar-refractivity contribution in [1.29, 1.82) is 0 Å². The van der Waals surface area contributed by atoms with E-state index in [0.29, 0.717) is 6.04 Å². The number of halogens is 1. The van der Waals surface area contributed by atoms with E-state index in [0.717, 1.165) is 41.3 Å². The summed E-state index contributed by atoms with van der Waals surface area (Å²) in [5.74, 6) is 2.00. The first kappa shape index (κ1) is 21.4. The molecule has 1 aliphatic rings. The van der Waals surface area contributed by atoms with Crippen molar-refractivity contribution in [2.75, 3.05) is 7.05 Å². The summed E-state index contributed by atoms with van der Waals surface area (Å²) in [6, 6.07) is 4.77. The first-order valence-corrected chi connectivity index (χ1v) is 8.85. The van der Waals surface area contributed by atoms with Crippen LogP contribution < -0.4 is 10.1 Å². The molecule has 1 heterocycles. The highest BCUT2D eigenvalue weighted by Gasteiger charge is 2.24. The number of nitrogens with zero attached hydrogens (tertiary/aromatic N) is 2. The molecule has 0 saturated heterocycles. The van der Waals surface area contributed by atoms with Crippen molar-refractivity contribution in [3.8, 4) is 5.75 Å². The molecule has 0 bridgehead atoms. The van der Waals surface area contributed by atoms with Crippen LogP contribution in [0.25, 0.3) is 0 Å². The van der Waals surface area contributed by atoms with Gasteiger partial charge in [-0.15, -0.1) is 12.4 Å². The monoisotopic (exact) mass is 365 g/mol. The van der Waals surface area contributed by atoms with E-state index in [-0.39, 0.29) is 18.8 Å². The Morgan fingerprint density at radius 3 is 2.20 bits per heavy atom. The molecule has 1 aromatic rings. The molecule has 1 unspecified atom stereocenters. The van der Waals surface area contributed by atoms with Crippen molar-refractivity contribution < 1.29 is 4.74 Å². The van der Waals surface area contributed by atoms with E-state index in [1.807, 2.05) is 14.0 Å². The molecular formula is C20H32ClN3O. The summed E-state index contributed by atoms with van der Waals surface area (Å²) in [7, 11) is 2.03. The molecule has 5 heteroatoms. The van der Waals surface area contributed by atoms with E-state index < -0.39 is 0 Å². The van der Waals surface area contributed by atoms with Gasteiger partial charge in [0, 0.05) is 18.8 Å². The topological polar surface area (TPSA) is 36.9 Å². The molecule has 0 aromatic heterocycles. The van der Waals surface area contributed by atoms with Crippen LogP contribution in [0.4, 0.5) is 0 Å². The van der Waals surface area contributed by atoms with Gasteiger partial charge in [0.05, 0.1) is 0 Å². The van der Waals surface area contributed by atoms with Crippen LogP contribution in [0.3, 0.4) is 0 Å². The fourth-order valence-electron chi connectivity index (χ4n) is 3.13. The lowest BCUT2D eigenvalue weighted by Gasteiger charge is -2.35. The Labute approximate surface area is 158 Å². The highest BCUT2D eigenvalue weighted by Crippen LogP contribution is 2.27. The second-order valence-corrected chi connectivity index (χ2v) is 6.74. The number of allylic oxidation sites excluding steroid dienone is 1. The maximum atomic E-state index is 6.29. The van der Waals surface area contributed by atoms with Gasteiger partial charge in [-0.1, -0.05) is 31.5 Å². The van der Waals surface area contributed by atoms with Gasteiger partial charge in [-0.3, -0.25) is 0 Å². The largest absolute Gasteiger partial charge is 0.450 e. The van der Waals surface area contributed by atoms with Gasteiger partial charge in [-0.2, -0.15) is 0 Å². The molecule has 0 radical (unpaired) electrons. The van der Waals surface area contributed by atoms with Gasteiger partial charge in [0.25, 0.3) is 6.35 Å². The molecule has 0 spiro atoms. The normalized spacial score (nSPS) is 17.0. The molecule has 1 N–H and O–H groups in total. The van der Waals surface area contributed by atoms with Crippen molar-refractivity contribution in [3.05, 3.63) is 40.7 Å². The lowest BCUT2D eigenvalue weighted by Crippen LogP contribution is -2.45. The Kier molecular flexibility index (Phi) is 7.81. The number of hydrogen-bond acceptors (Lipinski definition) is 4. The molecule has 0 amide bonds. The Balaban J connectivity index is 0.00000312. The average Bonchev–Trinajstić information content (AvgIpc) is 2.52. The van der Waals surface area contributed by atoms with Crippen molar-refractivity contribution in [3.63, 3.8) is 0 Å². The first-order valence-electron chi connectivity index (χ1n) is 8.85. The van der Waals surface area contributed by atoms with Gasteiger partial charge >= 0.3 is 0 Å². The molecular weight excluding hydrogens is 334 g/mol. The zero-order valence-corrected chi connectivity index (χ0v) is 17.3. The Hall–Kier alpha value is -1.68. The van der Waals surface area contributed by atoms with Crippen molar-refractivity contribution in [2.24, 2.45) is 4.99 Å². The van der Waals surface area contributed by atoms with Crippen LogP contribution in [0.15, 0.2) is 29.0 Å². The molecule has 0 saturated carbocycles. The van der Waals surface area contributed by atoms with E-state index in [9.17, 15) is 0 Å². The zero-order chi connectivity index (χ0) is 17.9. The summed E-state index contributed by atoms with van der Waals surface area (Å²) in [5, 5.41) is 3.62. The summed E-state index contributed by atoms with van der Waals surface area (Å²) in [6.07, 6.45) is 3.94. The summed E-state index contributed by atoms with van der Waals surface area (Å²) in [4.78, 5) is 6.75. The van der Waals surface area contributed by atoms with Crippen molar-refractivity contribution in [1.82, 2.24) is 10.2 Å². The van der Waals surface area contributed by atoms with E-state index in [1.165, 1.54) is 5.56 Å². The SMILES string of the molecule is CCC(CC)NC1=CC(C)=NC(Oc2c(C)cc(C)cc2C)N1C.Cl. The standard InChI is InChI=1S/C20H31N3O.ClH/c1-8-17(9-2)22-18-12-16(6)21-20(23(18)7)24-19-14(4)10-13(3)11-15(19)5;/h10-12,17,20,22H,8-9H2,1-7H3;1H. The molecule has 140 valence electrons. The van der Waals surface area contributed by atoms with Crippen LogP contribution in [0.2, 0.25) is 0 Å². The van der Waals surface area contributed by atoms with Crippen molar-refractivity contribution >= 4 is 18.1 Å². The maximum absolute atomic E-state index is 6.29. The Morgan fingerprint density at radius 2 is 1.68 bits per heavy atom. The maximum Gasteiger partial charge on any atom is 0.271 e. The molecule has 1 aromatic carbocycles. The third-order valence-electron chi connectivity index (χ3n) is 4.54. The zero-order valence-electron chi connectivity index (χ0n) is 16.5. The van der Waals surface area contributed by atoms with Crippen LogP contribution in [0.1, 0.15) is 50.3 Å². The highest BCUT2D eigenvalue weighted by molar-refractivity contribution is 5.93. The second kappa shape index (κ2) is 9.14. The molecule has 2 rings (SSSR count). The van der Waals surface area contributed by atoms with E-state index in [1.54, 1.807) is 0 Å². The fraction of sp³-hybridized carbons (Fsp3) is 0.550. The number of nitrogens with one attached hydrogen (secondary N) is 1. The molecule has 1 aliphatic heterocycles. The molecule has 1 atom stereocenters. The quantitative estimate of drug-likeness (QED) is 0.792. The summed E-state index contributed by atoms with van der Waals surface area (Å²) in [6.45, 7) is 12.7. The predicted octanol–water partition coefficient (Wildman–Crippen LogP) is 4.72. The van der Waals surface area contributed by atoms with Crippen LogP contribution >= 0.6 is 12.4 Å². The summed E-state index contributed by atoms with van der Waals surface area (Å²) < 4.78 is 6.29. The van der Waals surface area contributed by atoms with Gasteiger partial charge < -0.3 is 15.0 Å². The van der Waals surface area contributed by atoms with Gasteiger partial charge in [0.2, 0.25) is 0 Å². The first-order chi connectivity index (χ1) is 11.3. The van der Waals surface area contributed by atoms with Crippen LogP contribution in [-0.4, -0.2) is 30.1 Å². The molecule has 0 aliphatic carbocycles. The highest BCUT2D eigenvalue weighted by atomic mass is 35.5. The molecule has 0 fully saturated rings. The van der Waals surface area contributed by atoms with Crippen LogP contribution in [-0.2, 0) is 0 Å². The Bertz CT molecular complexity index is 627. The minimum atomic E-state index is -0.341. The van der Waals surface area contributed by atoms with E-state index in [4.69, 9.17) is 4.74 Å². The lowest BCUT2D eigenvalue weighted by atomic mass is 10.1. The second-order valence-electron chi connectivity index (χ2n) is 6.74. The van der Waals surface area contributed by atoms with Crippen molar-refractivity contribution in [2.45, 2.75) is 66.8 Å². The van der Waals surface area contributed by atoms with Crippen LogP contribution in [0.5, 0.6) is 5.75 Å². The minimum Gasteiger partial charge on any atom is -0.450 e. The van der Waals surface area contributed by atoms with Crippen LogP contribution in [0, 0.1) is 20.8 Å². The predicted molar refractivity (Wildman–Crippen MR) is 109 cm³/mol. The van der Waals surface area contributed by atoms with Gasteiger partial charge in [-0.05, 0) is 57.7 Å². The molecule has 4 nitrogen and oxygen atoms in total. The fourth-order valence-corrected chi connectivity index (χ4v) is 3.13. The number of aryl methyl sites for hydroxylation is 3. The van der Waals surface area contributed by atoms with E-state index >= 15 is 0 Å². The minimum absolute atomic E-state index is 0. The summed E-state index contributed by atoms with van der Waals surface area (Å²) >= 11 is 0. The number of rotatable bonds is 6. The Morgan fingerprint density at radius 1 is 1.12 bits per heavy atom. The smallest absolute Gasteiger partial charge is 0.271 e. The van der Waals surface area contributed by atoms with E-state index in [2.05, 4.69) is 68.0 Å². The van der Waals surface area contributed by atoms with Gasteiger partial charge in [-0.25, -0.2) is 4.99 Å². The third kappa shape index (κ3) is 5.15. The van der Waals surface area contributed by atoms with Gasteiger partial charge in [0.15, 0.2) is 0 Å². The lowest BCUT2D eigenvalue weighted by molar-refractivity contribution is 0.0670. The molecule has 25 heavy (non-hydrogen) atoms. The number of benzene rings is 1. The number of aliphatic imine (C=N–C) groups is 1. The summed E-state index contributed by atoms with van der Waals surface area (Å²) in [5.41, 5.74) is 4.54. The number of hydrogen-bond donors (Lipinski definition) is 1. The third-order valence-corrected chi connectivity index (χ3v) is 4.54. The number of ether oxygens (including phenoxy) is 1. The average molecular weight is 366 g/mol. The van der Waals surface area contributed by atoms with Gasteiger partial charge in [0.1, 0.15) is 11.6 Å².